The van der Waals surface area contributed by atoms with Crippen LogP contribution in [0.5, 0.6) is 0 Å². The Morgan fingerprint density at radius 1 is 0.933 bits per heavy atom. The molecule has 1 aromatic rings. The number of benzene rings is 1. The summed E-state index contributed by atoms with van der Waals surface area (Å²) in [6.45, 7) is 7.09. The summed E-state index contributed by atoms with van der Waals surface area (Å²) < 4.78 is 0. The first-order valence-electron chi connectivity index (χ1n) is 5.87. The van der Waals surface area contributed by atoms with Gasteiger partial charge in [0.05, 0.1) is 8.07 Å². The molecule has 0 N–H and O–H groups in total. The maximum atomic E-state index is 2.37. The zero-order valence-electron chi connectivity index (χ0n) is 10.3. The number of rotatable bonds is 5. The molecule has 15 heavy (non-hydrogen) atoms. The van der Waals surface area contributed by atoms with Gasteiger partial charge in [-0.05, 0) is 18.4 Å². The van der Waals surface area contributed by atoms with Crippen LogP contribution in [0, 0.1) is 0 Å². The van der Waals surface area contributed by atoms with Crippen LogP contribution >= 0.6 is 11.8 Å². The fourth-order valence-electron chi connectivity index (χ4n) is 2.31. The quantitative estimate of drug-likeness (QED) is 0.549. The fraction of sp³-hybridized carbons (Fsp3) is 0.538. The lowest BCUT2D eigenvalue weighted by atomic mass is 10.4. The lowest BCUT2D eigenvalue weighted by molar-refractivity contribution is 1.19. The second kappa shape index (κ2) is 5.76. The van der Waals surface area contributed by atoms with Gasteiger partial charge in [-0.25, -0.2) is 0 Å². The van der Waals surface area contributed by atoms with Gasteiger partial charge in [0.25, 0.3) is 0 Å². The minimum Gasteiger partial charge on any atom is -0.130 e. The highest BCUT2D eigenvalue weighted by Gasteiger charge is 2.28. The minimum absolute atomic E-state index is 1.14. The zero-order chi connectivity index (χ0) is 11.3. The van der Waals surface area contributed by atoms with Crippen molar-refractivity contribution >= 4 is 25.0 Å². The molecule has 0 amide bonds. The molecule has 0 aliphatic carbocycles. The van der Waals surface area contributed by atoms with Crippen molar-refractivity contribution in [3.8, 4) is 0 Å². The van der Waals surface area contributed by atoms with Crippen molar-refractivity contribution in [1.82, 2.24) is 0 Å². The average molecular weight is 238 g/mol. The molecule has 1 rings (SSSR count). The summed E-state index contributed by atoms with van der Waals surface area (Å²) in [5.74, 6) is 0. The smallest absolute Gasteiger partial charge is 0.0859 e. The summed E-state index contributed by atoms with van der Waals surface area (Å²) in [5, 5.41) is 1.65. The number of hydrogen-bond acceptors (Lipinski definition) is 1. The van der Waals surface area contributed by atoms with Gasteiger partial charge in [-0.3, -0.25) is 0 Å². The molecule has 0 heterocycles. The Hall–Kier alpha value is -0.213. The van der Waals surface area contributed by atoms with Gasteiger partial charge in [-0.1, -0.05) is 56.2 Å². The second-order valence-electron chi connectivity index (χ2n) is 4.07. The zero-order valence-corrected chi connectivity index (χ0v) is 12.2. The van der Waals surface area contributed by atoms with E-state index in [1.54, 1.807) is 5.19 Å². The monoisotopic (exact) mass is 238 g/mol. The molecular weight excluding hydrogens is 216 g/mol. The molecular formula is C13H22SSi. The van der Waals surface area contributed by atoms with E-state index in [1.165, 1.54) is 23.0 Å². The van der Waals surface area contributed by atoms with Crippen molar-refractivity contribution in [3.05, 3.63) is 24.3 Å². The highest BCUT2D eigenvalue weighted by molar-refractivity contribution is 7.98. The molecule has 0 aliphatic rings. The van der Waals surface area contributed by atoms with Crippen molar-refractivity contribution in [2.75, 3.05) is 6.26 Å². The predicted octanol–water partition coefficient (Wildman–Crippen LogP) is 4.12. The van der Waals surface area contributed by atoms with Crippen molar-refractivity contribution < 1.29 is 0 Å². The van der Waals surface area contributed by atoms with Crippen LogP contribution in [-0.2, 0) is 0 Å². The van der Waals surface area contributed by atoms with Crippen LogP contribution < -0.4 is 5.19 Å². The maximum absolute atomic E-state index is 2.37. The first kappa shape index (κ1) is 12.9. The molecule has 0 aromatic heterocycles. The fourth-order valence-corrected chi connectivity index (χ4v) is 6.31. The summed E-state index contributed by atoms with van der Waals surface area (Å²) in [6, 6.07) is 13.4. The summed E-state index contributed by atoms with van der Waals surface area (Å²) >= 11 is 1.83. The van der Waals surface area contributed by atoms with Crippen LogP contribution in [0.1, 0.15) is 20.8 Å². The highest BCUT2D eigenvalue weighted by Crippen LogP contribution is 2.21. The SMILES string of the molecule is CC[Si](CC)(CC)c1ccc(SC)cc1. The third-order valence-electron chi connectivity index (χ3n) is 3.73. The normalized spacial score (nSPS) is 11.7. The first-order chi connectivity index (χ1) is 7.22. The average Bonchev–Trinajstić information content (AvgIpc) is 2.33. The summed E-state index contributed by atoms with van der Waals surface area (Å²) in [4.78, 5) is 1.38. The van der Waals surface area contributed by atoms with Gasteiger partial charge in [0.2, 0.25) is 0 Å². The topological polar surface area (TPSA) is 0 Å². The van der Waals surface area contributed by atoms with Crippen LogP contribution in [0.25, 0.3) is 0 Å². The lowest BCUT2D eigenvalue weighted by Gasteiger charge is -2.28. The second-order valence-corrected chi connectivity index (χ2v) is 10.2. The van der Waals surface area contributed by atoms with Gasteiger partial charge in [-0.2, -0.15) is 0 Å². The Bertz CT molecular complexity index is 280. The number of thioether (sulfide) groups is 1. The van der Waals surface area contributed by atoms with E-state index in [0.717, 1.165) is 0 Å². The molecule has 0 aliphatic heterocycles. The van der Waals surface area contributed by atoms with E-state index < -0.39 is 8.07 Å². The molecule has 0 nitrogen and oxygen atoms in total. The molecule has 0 spiro atoms. The molecule has 0 unspecified atom stereocenters. The molecule has 84 valence electrons. The molecule has 1 aromatic carbocycles. The van der Waals surface area contributed by atoms with Crippen molar-refractivity contribution in [2.24, 2.45) is 0 Å². The Morgan fingerprint density at radius 2 is 1.40 bits per heavy atom. The van der Waals surface area contributed by atoms with Gasteiger partial charge in [0.1, 0.15) is 0 Å². The molecule has 0 bridgehead atoms. The van der Waals surface area contributed by atoms with Crippen LogP contribution in [0.2, 0.25) is 18.1 Å². The molecule has 0 saturated heterocycles. The third kappa shape index (κ3) is 2.67. The predicted molar refractivity (Wildman–Crippen MR) is 75.1 cm³/mol. The van der Waals surface area contributed by atoms with Gasteiger partial charge in [0, 0.05) is 4.90 Å². The Kier molecular flexibility index (Phi) is 4.93. The van der Waals surface area contributed by atoms with E-state index in [1.807, 2.05) is 11.8 Å². The molecule has 0 atom stereocenters. The maximum Gasteiger partial charge on any atom is 0.0859 e. The van der Waals surface area contributed by atoms with Gasteiger partial charge < -0.3 is 0 Å². The van der Waals surface area contributed by atoms with Gasteiger partial charge >= 0.3 is 0 Å². The van der Waals surface area contributed by atoms with E-state index >= 15 is 0 Å². The van der Waals surface area contributed by atoms with E-state index in [4.69, 9.17) is 0 Å². The minimum atomic E-state index is -1.14. The third-order valence-corrected chi connectivity index (χ3v) is 10.1. The molecule has 0 radical (unpaired) electrons. The molecule has 0 fully saturated rings. The molecule has 0 saturated carbocycles. The summed E-state index contributed by atoms with van der Waals surface area (Å²) in [5.41, 5.74) is 0. The summed E-state index contributed by atoms with van der Waals surface area (Å²) in [7, 11) is -1.14. The van der Waals surface area contributed by atoms with Crippen molar-refractivity contribution in [2.45, 2.75) is 43.8 Å². The van der Waals surface area contributed by atoms with E-state index in [9.17, 15) is 0 Å². The largest absolute Gasteiger partial charge is 0.130 e. The highest BCUT2D eigenvalue weighted by atomic mass is 32.2. The number of hydrogen-bond donors (Lipinski definition) is 0. The van der Waals surface area contributed by atoms with Crippen LogP contribution in [0.4, 0.5) is 0 Å². The molecule has 2 heteroatoms. The Balaban J connectivity index is 3.01. The van der Waals surface area contributed by atoms with E-state index in [2.05, 4.69) is 51.3 Å². The summed E-state index contributed by atoms with van der Waals surface area (Å²) in [6.07, 6.45) is 2.14. The lowest BCUT2D eigenvalue weighted by Crippen LogP contribution is -2.45. The van der Waals surface area contributed by atoms with Gasteiger partial charge in [0.15, 0.2) is 0 Å². The van der Waals surface area contributed by atoms with Crippen LogP contribution in [0.3, 0.4) is 0 Å². The Labute approximate surface area is 99.5 Å². The van der Waals surface area contributed by atoms with E-state index in [0.29, 0.717) is 0 Å². The van der Waals surface area contributed by atoms with Crippen molar-refractivity contribution in [1.29, 1.82) is 0 Å². The van der Waals surface area contributed by atoms with Crippen LogP contribution in [0.15, 0.2) is 29.2 Å². The Morgan fingerprint density at radius 3 is 1.73 bits per heavy atom. The first-order valence-corrected chi connectivity index (χ1v) is 9.71. The van der Waals surface area contributed by atoms with Crippen molar-refractivity contribution in [3.63, 3.8) is 0 Å². The van der Waals surface area contributed by atoms with Crippen LogP contribution in [-0.4, -0.2) is 14.3 Å². The van der Waals surface area contributed by atoms with Gasteiger partial charge in [-0.15, -0.1) is 11.8 Å². The van der Waals surface area contributed by atoms with E-state index in [-0.39, 0.29) is 0 Å². The standard InChI is InChI=1S/C13H22SSi/c1-5-15(6-2,7-3)13-10-8-12(14-4)9-11-13/h8-11H,5-7H2,1-4H3.